The third-order valence-electron chi connectivity index (χ3n) is 15.2. The highest BCUT2D eigenvalue weighted by molar-refractivity contribution is 6.29. The van der Waals surface area contributed by atoms with Gasteiger partial charge in [-0.15, -0.1) is 0 Å². The fourth-order valence-corrected chi connectivity index (χ4v) is 11.7. The Kier molecular flexibility index (Phi) is 10.0. The van der Waals surface area contributed by atoms with Gasteiger partial charge in [-0.1, -0.05) is 212 Å². The van der Waals surface area contributed by atoms with Crippen LogP contribution in [-0.4, -0.2) is 0 Å². The molecule has 0 N–H and O–H groups in total. The van der Waals surface area contributed by atoms with Crippen LogP contribution in [0.25, 0.3) is 110 Å². The molecule has 0 aliphatic heterocycles. The molecule has 0 bridgehead atoms. The van der Waals surface area contributed by atoms with Crippen LogP contribution in [0.5, 0.6) is 0 Å². The Hall–Kier alpha value is -10.1. The highest BCUT2D eigenvalue weighted by Gasteiger charge is 2.32. The quantitative estimate of drug-likeness (QED) is 0.135. The van der Waals surface area contributed by atoms with Crippen molar-refractivity contribution in [3.8, 4) is 33.4 Å². The lowest BCUT2D eigenvalue weighted by Gasteiger charge is -2.31. The zero-order valence-corrected chi connectivity index (χ0v) is 41.4. The molecule has 0 aliphatic carbocycles. The Morgan fingerprint density at radius 3 is 1.34 bits per heavy atom. The van der Waals surface area contributed by atoms with Gasteiger partial charge in [0.15, 0.2) is 16.7 Å². The van der Waals surface area contributed by atoms with Gasteiger partial charge >= 0.3 is 0 Å². The molecule has 0 aliphatic rings. The average molecular weight is 975 g/mol. The number of anilines is 6. The van der Waals surface area contributed by atoms with Crippen LogP contribution >= 0.6 is 0 Å². The monoisotopic (exact) mass is 974 g/mol. The summed E-state index contributed by atoms with van der Waals surface area (Å²) in [5.41, 5.74) is 18.2. The van der Waals surface area contributed by atoms with Crippen molar-refractivity contribution in [3.05, 3.63) is 266 Å². The number of furan rings is 3. The third kappa shape index (κ3) is 6.87. The number of para-hydroxylation sites is 5. The summed E-state index contributed by atoms with van der Waals surface area (Å²) >= 11 is 0. The minimum absolute atomic E-state index is 0.731. The Morgan fingerprint density at radius 2 is 0.697 bits per heavy atom. The highest BCUT2D eigenvalue weighted by atomic mass is 16.3. The molecule has 76 heavy (non-hydrogen) atoms. The summed E-state index contributed by atoms with van der Waals surface area (Å²) in [6.07, 6.45) is 0. The number of hydrogen-bond acceptors (Lipinski definition) is 5. The fraction of sp³-hybridized carbons (Fsp3) is 0.0141. The molecule has 15 rings (SSSR count). The van der Waals surface area contributed by atoms with Crippen molar-refractivity contribution in [1.82, 2.24) is 0 Å². The Balaban J connectivity index is 1.08. The molecule has 5 nitrogen and oxygen atoms in total. The van der Waals surface area contributed by atoms with Gasteiger partial charge in [0.25, 0.3) is 0 Å². The molecule has 0 saturated heterocycles. The van der Waals surface area contributed by atoms with Crippen molar-refractivity contribution in [2.24, 2.45) is 0 Å². The van der Waals surface area contributed by atoms with Gasteiger partial charge in [0, 0.05) is 54.6 Å². The van der Waals surface area contributed by atoms with Gasteiger partial charge in [-0.3, -0.25) is 0 Å². The van der Waals surface area contributed by atoms with Gasteiger partial charge in [0.2, 0.25) is 0 Å². The van der Waals surface area contributed by atoms with Crippen LogP contribution in [0.2, 0.25) is 0 Å². The smallest absolute Gasteiger partial charge is 0.162 e. The molecule has 3 aromatic heterocycles. The zero-order valence-electron chi connectivity index (χ0n) is 41.4. The van der Waals surface area contributed by atoms with Crippen LogP contribution in [0.4, 0.5) is 34.1 Å². The normalized spacial score (nSPS) is 11.8. The summed E-state index contributed by atoms with van der Waals surface area (Å²) < 4.78 is 21.8. The van der Waals surface area contributed by atoms with E-state index in [1.807, 2.05) is 6.07 Å². The average Bonchev–Trinajstić information content (AvgIpc) is 4.35. The van der Waals surface area contributed by atoms with E-state index >= 15 is 0 Å². The maximum absolute atomic E-state index is 7.46. The first-order valence-corrected chi connectivity index (χ1v) is 25.8. The summed E-state index contributed by atoms with van der Waals surface area (Å²) in [5.74, 6) is 0. The van der Waals surface area contributed by atoms with Crippen LogP contribution in [0, 0.1) is 6.92 Å². The Morgan fingerprint density at radius 1 is 0.276 bits per heavy atom. The first-order chi connectivity index (χ1) is 37.6. The maximum atomic E-state index is 7.46. The highest BCUT2D eigenvalue weighted by Crippen LogP contribution is 2.56. The van der Waals surface area contributed by atoms with Crippen LogP contribution in [0.15, 0.2) is 274 Å². The Bertz CT molecular complexity index is 4740. The van der Waals surface area contributed by atoms with Crippen LogP contribution < -0.4 is 9.80 Å². The lowest BCUT2D eigenvalue weighted by atomic mass is 9.96. The first-order valence-electron chi connectivity index (χ1n) is 25.8. The van der Waals surface area contributed by atoms with E-state index in [0.29, 0.717) is 0 Å². The number of nitrogens with zero attached hydrogens (tertiary/aromatic N) is 2. The topological polar surface area (TPSA) is 45.9 Å². The molecule has 358 valence electrons. The number of aryl methyl sites for hydroxylation is 1. The number of fused-ring (bicyclic) bond motifs is 10. The molecule has 0 unspecified atom stereocenters. The summed E-state index contributed by atoms with van der Waals surface area (Å²) in [7, 11) is 0. The molecule has 0 radical (unpaired) electrons. The molecular formula is C71H46N2O3. The third-order valence-corrected chi connectivity index (χ3v) is 15.2. The molecule has 12 aromatic carbocycles. The molecule has 0 spiro atoms. The Labute approximate surface area is 438 Å². The van der Waals surface area contributed by atoms with E-state index in [9.17, 15) is 0 Å². The van der Waals surface area contributed by atoms with E-state index in [1.54, 1.807) is 0 Å². The van der Waals surface area contributed by atoms with Gasteiger partial charge in [-0.25, -0.2) is 0 Å². The molecule has 5 heteroatoms. The minimum atomic E-state index is 0.731. The molecule has 0 saturated carbocycles. The van der Waals surface area contributed by atoms with Gasteiger partial charge in [-0.2, -0.15) is 0 Å². The van der Waals surface area contributed by atoms with Crippen molar-refractivity contribution < 1.29 is 13.3 Å². The van der Waals surface area contributed by atoms with E-state index in [1.165, 1.54) is 5.56 Å². The largest absolute Gasteiger partial charge is 0.454 e. The number of rotatable bonds is 9. The minimum Gasteiger partial charge on any atom is -0.454 e. The molecule has 15 aromatic rings. The van der Waals surface area contributed by atoms with Crippen molar-refractivity contribution >= 4 is 111 Å². The molecular weight excluding hydrogens is 929 g/mol. The van der Waals surface area contributed by atoms with Gasteiger partial charge in [0.05, 0.1) is 28.1 Å². The summed E-state index contributed by atoms with van der Waals surface area (Å²) in [6, 6.07) is 92.5. The second-order valence-electron chi connectivity index (χ2n) is 19.6. The molecule has 0 atom stereocenters. The predicted octanol–water partition coefficient (Wildman–Crippen LogP) is 20.8. The maximum Gasteiger partial charge on any atom is 0.162 e. The number of hydrogen-bond donors (Lipinski definition) is 0. The van der Waals surface area contributed by atoms with Crippen LogP contribution in [0.3, 0.4) is 0 Å². The van der Waals surface area contributed by atoms with Gasteiger partial charge in [-0.05, 0) is 88.8 Å². The van der Waals surface area contributed by atoms with Gasteiger partial charge in [0.1, 0.15) is 16.7 Å². The van der Waals surface area contributed by atoms with Crippen molar-refractivity contribution in [2.45, 2.75) is 6.92 Å². The lowest BCUT2D eigenvalue weighted by Crippen LogP contribution is -2.14. The standard InChI is InChI=1S/C71H46N2O3/c1-45-21-8-9-30-52(45)56-35-18-36-58-59-38-20-40-62(70(59)76-68(56)58)73(51-29-17-27-49(44-51)47-24-6-3-7-25-47)67-55-33-11-10-32-54(55)66(65-60-34-13-15-42-64(60)75-71(65)67)72(50-28-16-26-48(43-50)46-22-4-2-5-23-46)61-39-19-37-57-53-31-12-14-41-63(53)74-69(57)61/h2-44H,1H3. The second kappa shape index (κ2) is 17.5. The van der Waals surface area contributed by atoms with Crippen molar-refractivity contribution in [1.29, 1.82) is 0 Å². The zero-order chi connectivity index (χ0) is 50.3. The van der Waals surface area contributed by atoms with Crippen molar-refractivity contribution in [3.63, 3.8) is 0 Å². The van der Waals surface area contributed by atoms with E-state index < -0.39 is 0 Å². The van der Waals surface area contributed by atoms with Crippen LogP contribution in [0.1, 0.15) is 5.56 Å². The SMILES string of the molecule is Cc1ccccc1-c1cccc2c1oc1c(N(c3cccc(-c4ccccc4)c3)c3c4ccccc4c(N(c4cccc(-c5ccccc5)c4)c4cccc5c4oc4ccccc45)c4c3oc3ccccc34)cccc12. The molecule has 0 fully saturated rings. The number of benzene rings is 12. The predicted molar refractivity (Wildman–Crippen MR) is 316 cm³/mol. The van der Waals surface area contributed by atoms with Crippen LogP contribution in [-0.2, 0) is 0 Å². The van der Waals surface area contributed by atoms with Crippen molar-refractivity contribution in [2.75, 3.05) is 9.80 Å². The lowest BCUT2D eigenvalue weighted by molar-refractivity contribution is 0.666. The first kappa shape index (κ1) is 43.5. The molecule has 3 heterocycles. The summed E-state index contributed by atoms with van der Waals surface area (Å²) in [5, 5.41) is 8.15. The van der Waals surface area contributed by atoms with E-state index in [2.05, 4.69) is 272 Å². The van der Waals surface area contributed by atoms with E-state index in [-0.39, 0.29) is 0 Å². The van der Waals surface area contributed by atoms with Gasteiger partial charge < -0.3 is 23.1 Å². The van der Waals surface area contributed by atoms with E-state index in [0.717, 1.165) is 144 Å². The molecule has 0 amide bonds. The van der Waals surface area contributed by atoms with E-state index in [4.69, 9.17) is 13.3 Å². The summed E-state index contributed by atoms with van der Waals surface area (Å²) in [6.45, 7) is 2.16. The summed E-state index contributed by atoms with van der Waals surface area (Å²) in [4.78, 5) is 4.78. The second-order valence-corrected chi connectivity index (χ2v) is 19.6. The fourth-order valence-electron chi connectivity index (χ4n) is 11.7.